The summed E-state index contributed by atoms with van der Waals surface area (Å²) in [5.74, 6) is 2.63. The van der Waals surface area contributed by atoms with E-state index in [2.05, 4.69) is 438 Å². The molecule has 0 radical (unpaired) electrons. The van der Waals surface area contributed by atoms with Crippen LogP contribution in [0, 0.1) is 0 Å². The molecule has 10 atom stereocenters. The van der Waals surface area contributed by atoms with Gasteiger partial charge in [0.25, 0.3) is 0 Å². The molecule has 10 unspecified atom stereocenters. The van der Waals surface area contributed by atoms with Gasteiger partial charge in [-0.25, -0.2) is 0 Å². The van der Waals surface area contributed by atoms with Crippen molar-refractivity contribution in [2.45, 2.75) is 188 Å². The number of hydrogen-bond acceptors (Lipinski definition) is 0. The van der Waals surface area contributed by atoms with Crippen molar-refractivity contribution in [1.29, 1.82) is 0 Å². The summed E-state index contributed by atoms with van der Waals surface area (Å²) in [5, 5.41) is 0. The quantitative estimate of drug-likeness (QED) is 0.0357. The third kappa shape index (κ3) is 23.9. The van der Waals surface area contributed by atoms with Crippen LogP contribution in [0.2, 0.25) is 0 Å². The van der Waals surface area contributed by atoms with Crippen molar-refractivity contribution in [2.24, 2.45) is 0 Å². The van der Waals surface area contributed by atoms with Gasteiger partial charge in [0, 0.05) is 0 Å². The third-order valence-corrected chi connectivity index (χ3v) is 26.7. The lowest BCUT2D eigenvalue weighted by atomic mass is 9.70. The van der Waals surface area contributed by atoms with Crippen molar-refractivity contribution in [1.82, 2.24) is 0 Å². The van der Waals surface area contributed by atoms with Crippen LogP contribution in [0.1, 0.15) is 236 Å². The van der Waals surface area contributed by atoms with Crippen LogP contribution >= 0.6 is 0 Å². The van der Waals surface area contributed by atoms with Gasteiger partial charge in [0.2, 0.25) is 0 Å². The summed E-state index contributed by atoms with van der Waals surface area (Å²) in [6.45, 7) is 2.49. The highest BCUT2D eigenvalue weighted by Crippen LogP contribution is 2.49. The largest absolute Gasteiger partial charge is 0.0622 e. The maximum Gasteiger partial charge on any atom is -0.0115 e. The minimum atomic E-state index is 0.166. The monoisotopic (exact) mass is 1560 g/mol. The van der Waals surface area contributed by atoms with Gasteiger partial charge < -0.3 is 0 Å². The molecular formula is C120H122. The fraction of sp³-hybridized carbons (Fsp3) is 0.250. The molecule has 15 rings (SSSR count). The van der Waals surface area contributed by atoms with Crippen molar-refractivity contribution in [3.8, 4) is 0 Å². The van der Waals surface area contributed by atoms with Crippen LogP contribution in [0.15, 0.2) is 431 Å². The van der Waals surface area contributed by atoms with Gasteiger partial charge >= 0.3 is 0 Å². The zero-order valence-electron chi connectivity index (χ0n) is 70.7. The number of aryl methyl sites for hydroxylation is 5. The Labute approximate surface area is 719 Å². The van der Waals surface area contributed by atoms with Crippen molar-refractivity contribution in [3.63, 3.8) is 0 Å². The molecule has 0 aliphatic heterocycles. The van der Waals surface area contributed by atoms with Gasteiger partial charge in [-0.05, 0) is 287 Å². The predicted octanol–water partition coefficient (Wildman–Crippen LogP) is 31.1. The lowest BCUT2D eigenvalue weighted by Crippen LogP contribution is -2.21. The second-order valence-corrected chi connectivity index (χ2v) is 34.4. The lowest BCUT2D eigenvalue weighted by molar-refractivity contribution is 0.416. The highest BCUT2D eigenvalue weighted by Gasteiger charge is 2.34. The molecule has 0 nitrogen and oxygen atoms in total. The summed E-state index contributed by atoms with van der Waals surface area (Å²) in [4.78, 5) is 0. The van der Waals surface area contributed by atoms with Crippen LogP contribution in [0.25, 0.3) is 0 Å². The van der Waals surface area contributed by atoms with Gasteiger partial charge in [0.15, 0.2) is 0 Å². The maximum absolute atomic E-state index is 2.83. The van der Waals surface area contributed by atoms with Gasteiger partial charge in [0.1, 0.15) is 0 Å². The van der Waals surface area contributed by atoms with E-state index in [0.717, 1.165) is 122 Å². The van der Waals surface area contributed by atoms with E-state index in [4.69, 9.17) is 0 Å². The number of hydrogen-bond donors (Lipinski definition) is 0. The molecule has 0 heteroatoms. The summed E-state index contributed by atoms with van der Waals surface area (Å²) in [6, 6.07) is 165. The van der Waals surface area contributed by atoms with E-state index < -0.39 is 0 Å². The van der Waals surface area contributed by atoms with Crippen LogP contribution in [0.4, 0.5) is 0 Å². The Hall–Kier alpha value is -11.7. The molecule has 0 fully saturated rings. The Kier molecular flexibility index (Phi) is 30.8. The Balaban J connectivity index is 0.931. The lowest BCUT2D eigenvalue weighted by Gasteiger charge is -2.34. The van der Waals surface area contributed by atoms with Crippen LogP contribution in [0.3, 0.4) is 0 Å². The first-order chi connectivity index (χ1) is 59.5. The van der Waals surface area contributed by atoms with Crippen LogP contribution in [0.5, 0.6) is 0 Å². The first kappa shape index (κ1) is 83.4. The predicted molar refractivity (Wildman–Crippen MR) is 509 cm³/mol. The second-order valence-electron chi connectivity index (χ2n) is 34.4. The molecule has 0 heterocycles. The van der Waals surface area contributed by atoms with Crippen molar-refractivity contribution >= 4 is 0 Å². The summed E-state index contributed by atoms with van der Waals surface area (Å²) in [7, 11) is 0. The van der Waals surface area contributed by atoms with E-state index in [1.165, 1.54) is 89.0 Å². The Morgan fingerprint density at radius 1 is 0.158 bits per heavy atom. The molecule has 0 saturated heterocycles. The summed E-state index contributed by atoms with van der Waals surface area (Å²) in [6.07, 6.45) is 19.2. The highest BCUT2D eigenvalue weighted by atomic mass is 14.4. The zero-order valence-corrected chi connectivity index (χ0v) is 70.7. The number of rotatable bonds is 43. The van der Waals surface area contributed by atoms with Crippen LogP contribution < -0.4 is 0 Å². The molecule has 0 amide bonds. The minimum Gasteiger partial charge on any atom is -0.0622 e. The van der Waals surface area contributed by atoms with E-state index >= 15 is 0 Å². The fourth-order valence-corrected chi connectivity index (χ4v) is 20.2. The van der Waals surface area contributed by atoms with Crippen molar-refractivity contribution in [2.75, 3.05) is 0 Å². The number of benzene rings is 15. The van der Waals surface area contributed by atoms with E-state index in [-0.39, 0.29) is 35.5 Å². The second kappa shape index (κ2) is 44.4. The molecule has 0 aliphatic rings. The van der Waals surface area contributed by atoms with Crippen molar-refractivity contribution in [3.05, 3.63) is 536 Å². The molecule has 0 aromatic heterocycles. The summed E-state index contributed by atoms with van der Waals surface area (Å²) >= 11 is 0. The Morgan fingerprint density at radius 2 is 0.333 bits per heavy atom. The van der Waals surface area contributed by atoms with Gasteiger partial charge in [-0.3, -0.25) is 0 Å². The first-order valence-corrected chi connectivity index (χ1v) is 45.3. The molecule has 15 aromatic rings. The average Bonchev–Trinajstić information content (AvgIpc) is 0.765. The Morgan fingerprint density at radius 3 is 0.600 bits per heavy atom. The van der Waals surface area contributed by atoms with Gasteiger partial charge in [-0.15, -0.1) is 0 Å². The van der Waals surface area contributed by atoms with Gasteiger partial charge in [-0.2, -0.15) is 0 Å². The molecular weight excluding hydrogens is 1440 g/mol. The standard InChI is InChI=1S/C120H122/c1-2-96-81-117(88-114(104-67-39-14-40-68-104)86-113(103-65-37-13-38-66-103)85-111(101-61-33-11-34-62-101)82-107(97-53-25-7-26-54-97)77-73-92-45-17-3-18-46-92)119(90-116(106-71-43-16-44-72-106)87-112(102-63-35-12-36-64-102)83-108(98-55-27-8-28-56-98)78-74-93-47-19-4-20-48-93)120(118(96)89-110(100-59-31-10-32-60-100)80-76-95-51-23-6-24-52-95)91-115(105-69-41-15-42-70-105)84-109(99-57-29-9-30-58-99)79-75-94-49-21-5-22-50-94/h3-72,81,107-116H,2,73-80,82-91H2,1H3. The van der Waals surface area contributed by atoms with E-state index in [9.17, 15) is 0 Å². The molecule has 0 aliphatic carbocycles. The first-order valence-electron chi connectivity index (χ1n) is 45.3. The van der Waals surface area contributed by atoms with Crippen LogP contribution in [-0.2, 0) is 57.8 Å². The fourth-order valence-electron chi connectivity index (χ4n) is 20.2. The van der Waals surface area contributed by atoms with E-state index in [1.807, 2.05) is 0 Å². The molecule has 120 heavy (non-hydrogen) atoms. The maximum atomic E-state index is 2.83. The zero-order chi connectivity index (χ0) is 81.4. The Bertz CT molecular complexity index is 5340. The smallest absolute Gasteiger partial charge is 0.0115 e. The minimum absolute atomic E-state index is 0.166. The average molecular weight is 1560 g/mol. The topological polar surface area (TPSA) is 0 Å². The highest BCUT2D eigenvalue weighted by molar-refractivity contribution is 5.51. The van der Waals surface area contributed by atoms with E-state index in [1.54, 1.807) is 16.7 Å². The van der Waals surface area contributed by atoms with Crippen molar-refractivity contribution < 1.29 is 0 Å². The molecule has 602 valence electrons. The van der Waals surface area contributed by atoms with Gasteiger partial charge in [0.05, 0.1) is 0 Å². The molecule has 0 N–H and O–H groups in total. The normalized spacial score (nSPS) is 14.0. The SMILES string of the molecule is CCc1cc(CC(CC(CC(CC(CCc2ccccc2)c2ccccc2)c2ccccc2)c2ccccc2)c2ccccc2)c(CC(CC(CC(CCc2ccccc2)c2ccccc2)c2ccccc2)c2ccccc2)c(CC(CC(CCc2ccccc2)c2ccccc2)c2ccccc2)c1CC(CCc1ccccc1)c1ccccc1. The van der Waals surface area contributed by atoms with Crippen LogP contribution in [-0.4, -0.2) is 0 Å². The molecule has 0 saturated carbocycles. The third-order valence-electron chi connectivity index (χ3n) is 26.7. The summed E-state index contributed by atoms with van der Waals surface area (Å²) in [5.41, 5.74) is 27.8. The molecule has 15 aromatic carbocycles. The van der Waals surface area contributed by atoms with E-state index in [0.29, 0.717) is 23.7 Å². The molecule has 0 spiro atoms. The molecule has 0 bridgehead atoms. The summed E-state index contributed by atoms with van der Waals surface area (Å²) < 4.78 is 0. The van der Waals surface area contributed by atoms with Gasteiger partial charge in [-0.1, -0.05) is 438 Å².